The van der Waals surface area contributed by atoms with E-state index in [1.54, 1.807) is 18.2 Å². The summed E-state index contributed by atoms with van der Waals surface area (Å²) in [6.07, 6.45) is 5.23. The Kier molecular flexibility index (Phi) is 4.82. The molecule has 0 radical (unpaired) electrons. The fraction of sp³-hybridized carbons (Fsp3) is 0.375. The fourth-order valence-electron chi connectivity index (χ4n) is 2.60. The van der Waals surface area contributed by atoms with Crippen molar-refractivity contribution in [2.75, 3.05) is 20.2 Å². The summed E-state index contributed by atoms with van der Waals surface area (Å²) >= 11 is 7.37. The zero-order valence-electron chi connectivity index (χ0n) is 12.7. The van der Waals surface area contributed by atoms with Gasteiger partial charge in [-0.05, 0) is 54.8 Å². The predicted molar refractivity (Wildman–Crippen MR) is 93.1 cm³/mol. The second-order valence-corrected chi connectivity index (χ2v) is 6.83. The molecule has 2 heterocycles. The molecular weight excluding hydrogens is 336 g/mol. The van der Waals surface area contributed by atoms with Gasteiger partial charge in [-0.15, -0.1) is 0 Å². The van der Waals surface area contributed by atoms with E-state index in [2.05, 4.69) is 9.89 Å². The average molecular weight is 353 g/mol. The van der Waals surface area contributed by atoms with Crippen molar-refractivity contribution in [3.8, 4) is 11.5 Å². The standard InChI is InChI=1S/C16H17ClN2O3S/c1-22-12-8-10(7-11(17)14(12)20)9-13-15(21)18-16(23-13)19-5-3-2-4-6-19/h7-9,20H,2-6H2,1H3. The highest BCUT2D eigenvalue weighted by atomic mass is 35.5. The van der Waals surface area contributed by atoms with Crippen molar-refractivity contribution in [2.45, 2.75) is 19.3 Å². The first kappa shape index (κ1) is 16.2. The number of likely N-dealkylation sites (tertiary alicyclic amines) is 1. The summed E-state index contributed by atoms with van der Waals surface area (Å²) in [5.41, 5.74) is 0.690. The van der Waals surface area contributed by atoms with Crippen LogP contribution in [0.3, 0.4) is 0 Å². The molecule has 0 unspecified atom stereocenters. The molecule has 122 valence electrons. The van der Waals surface area contributed by atoms with Gasteiger partial charge in [0.1, 0.15) is 0 Å². The Balaban J connectivity index is 1.81. The number of piperidine rings is 1. The molecule has 7 heteroatoms. The Morgan fingerprint density at radius 2 is 2.09 bits per heavy atom. The highest BCUT2D eigenvalue weighted by Gasteiger charge is 2.27. The van der Waals surface area contributed by atoms with Gasteiger partial charge in [0.15, 0.2) is 16.7 Å². The van der Waals surface area contributed by atoms with E-state index in [0.717, 1.165) is 31.1 Å². The van der Waals surface area contributed by atoms with Gasteiger partial charge in [0.05, 0.1) is 17.0 Å². The smallest absolute Gasteiger partial charge is 0.286 e. The summed E-state index contributed by atoms with van der Waals surface area (Å²) in [6.45, 7) is 1.90. The molecule has 1 fully saturated rings. The minimum absolute atomic E-state index is 0.105. The molecule has 3 rings (SSSR count). The molecule has 1 aromatic carbocycles. The number of hydrogen-bond donors (Lipinski definition) is 1. The van der Waals surface area contributed by atoms with E-state index in [-0.39, 0.29) is 22.4 Å². The van der Waals surface area contributed by atoms with Crippen molar-refractivity contribution < 1.29 is 14.6 Å². The zero-order chi connectivity index (χ0) is 16.4. The molecule has 0 spiro atoms. The number of thioether (sulfide) groups is 1. The summed E-state index contributed by atoms with van der Waals surface area (Å²) in [4.78, 5) is 19.0. The number of benzene rings is 1. The van der Waals surface area contributed by atoms with Crippen molar-refractivity contribution in [3.05, 3.63) is 27.6 Å². The van der Waals surface area contributed by atoms with Gasteiger partial charge in [-0.3, -0.25) is 4.79 Å². The number of phenolic OH excluding ortho intramolecular Hbond substituents is 1. The van der Waals surface area contributed by atoms with Crippen LogP contribution >= 0.6 is 23.4 Å². The van der Waals surface area contributed by atoms with Crippen LogP contribution in [0.15, 0.2) is 22.0 Å². The van der Waals surface area contributed by atoms with Crippen molar-refractivity contribution in [1.29, 1.82) is 0 Å². The fourth-order valence-corrected chi connectivity index (χ4v) is 3.79. The second-order valence-electron chi connectivity index (χ2n) is 5.41. The summed E-state index contributed by atoms with van der Waals surface area (Å²) in [5, 5.41) is 10.7. The van der Waals surface area contributed by atoms with Crippen molar-refractivity contribution in [3.63, 3.8) is 0 Å². The zero-order valence-corrected chi connectivity index (χ0v) is 14.3. The average Bonchev–Trinajstić information content (AvgIpc) is 2.92. The third kappa shape index (κ3) is 3.48. The van der Waals surface area contributed by atoms with Crippen LogP contribution in [0.5, 0.6) is 11.5 Å². The lowest BCUT2D eigenvalue weighted by Gasteiger charge is -2.27. The first-order chi connectivity index (χ1) is 11.1. The molecule has 0 saturated carbocycles. The van der Waals surface area contributed by atoms with Crippen molar-refractivity contribution in [1.82, 2.24) is 4.90 Å². The Morgan fingerprint density at radius 3 is 2.78 bits per heavy atom. The molecule has 0 aliphatic carbocycles. The second kappa shape index (κ2) is 6.84. The number of amidine groups is 1. The third-order valence-corrected chi connectivity index (χ3v) is 5.14. The first-order valence-corrected chi connectivity index (χ1v) is 8.62. The Bertz CT molecular complexity index is 697. The monoisotopic (exact) mass is 352 g/mol. The van der Waals surface area contributed by atoms with Crippen LogP contribution in [0.1, 0.15) is 24.8 Å². The quantitative estimate of drug-likeness (QED) is 0.825. The molecule has 0 bridgehead atoms. The molecule has 23 heavy (non-hydrogen) atoms. The van der Waals surface area contributed by atoms with Gasteiger partial charge in [-0.1, -0.05) is 11.6 Å². The van der Waals surface area contributed by atoms with Gasteiger partial charge in [-0.2, -0.15) is 4.99 Å². The summed E-state index contributed by atoms with van der Waals surface area (Å²) in [5.74, 6) is -0.0670. The maximum absolute atomic E-state index is 12.1. The molecule has 1 aromatic rings. The number of carbonyl (C=O) groups is 1. The molecular formula is C16H17ClN2O3S. The van der Waals surface area contributed by atoms with Crippen LogP contribution in [0, 0.1) is 0 Å². The van der Waals surface area contributed by atoms with E-state index >= 15 is 0 Å². The highest BCUT2D eigenvalue weighted by molar-refractivity contribution is 8.18. The Labute approximate surface area is 144 Å². The molecule has 1 N–H and O–H groups in total. The topological polar surface area (TPSA) is 62.1 Å². The highest BCUT2D eigenvalue weighted by Crippen LogP contribution is 2.37. The van der Waals surface area contributed by atoms with Gasteiger partial charge < -0.3 is 14.7 Å². The minimum atomic E-state index is -0.237. The van der Waals surface area contributed by atoms with Gasteiger partial charge in [0.2, 0.25) is 0 Å². The molecule has 0 aromatic heterocycles. The Hall–Kier alpha value is -1.66. The van der Waals surface area contributed by atoms with Gasteiger partial charge in [0.25, 0.3) is 5.91 Å². The molecule has 2 aliphatic rings. The molecule has 1 saturated heterocycles. The number of aromatic hydroxyl groups is 1. The largest absolute Gasteiger partial charge is 0.503 e. The molecule has 5 nitrogen and oxygen atoms in total. The number of hydrogen-bond acceptors (Lipinski definition) is 5. The van der Waals surface area contributed by atoms with Crippen LogP contribution in [-0.4, -0.2) is 41.3 Å². The lowest BCUT2D eigenvalue weighted by molar-refractivity contribution is -0.113. The maximum atomic E-state index is 12.1. The van der Waals surface area contributed by atoms with Crippen molar-refractivity contribution in [2.24, 2.45) is 4.99 Å². The number of phenols is 1. The van der Waals surface area contributed by atoms with Crippen LogP contribution in [0.4, 0.5) is 0 Å². The van der Waals surface area contributed by atoms with Crippen molar-refractivity contribution >= 4 is 40.5 Å². The number of rotatable bonds is 2. The van der Waals surface area contributed by atoms with Gasteiger partial charge >= 0.3 is 0 Å². The number of carbonyl (C=O) groups excluding carboxylic acids is 1. The third-order valence-electron chi connectivity index (χ3n) is 3.80. The van der Waals surface area contributed by atoms with E-state index in [1.807, 2.05) is 0 Å². The minimum Gasteiger partial charge on any atom is -0.503 e. The van der Waals surface area contributed by atoms with E-state index in [4.69, 9.17) is 16.3 Å². The maximum Gasteiger partial charge on any atom is 0.286 e. The lowest BCUT2D eigenvalue weighted by atomic mass is 10.1. The molecule has 1 amide bonds. The van der Waals surface area contributed by atoms with Crippen LogP contribution in [-0.2, 0) is 4.79 Å². The summed E-state index contributed by atoms with van der Waals surface area (Å²) < 4.78 is 5.08. The Morgan fingerprint density at radius 1 is 1.35 bits per heavy atom. The van der Waals surface area contributed by atoms with Crippen LogP contribution < -0.4 is 4.74 Å². The SMILES string of the molecule is COc1cc(C=C2SC(N3CCCCC3)=NC2=O)cc(Cl)c1O. The molecule has 0 atom stereocenters. The summed E-state index contributed by atoms with van der Waals surface area (Å²) in [6, 6.07) is 3.24. The first-order valence-electron chi connectivity index (χ1n) is 7.42. The number of aliphatic imine (C=N–C) groups is 1. The van der Waals surface area contributed by atoms with Gasteiger partial charge in [-0.25, -0.2) is 0 Å². The number of methoxy groups -OCH3 is 1. The number of amides is 1. The summed E-state index contributed by atoms with van der Waals surface area (Å²) in [7, 11) is 1.45. The van der Waals surface area contributed by atoms with Crippen LogP contribution in [0.2, 0.25) is 5.02 Å². The number of halogens is 1. The lowest BCUT2D eigenvalue weighted by Crippen LogP contribution is -2.33. The van der Waals surface area contributed by atoms with E-state index in [9.17, 15) is 9.90 Å². The number of nitrogens with zero attached hydrogens (tertiary/aromatic N) is 2. The number of ether oxygens (including phenoxy) is 1. The van der Waals surface area contributed by atoms with E-state index < -0.39 is 0 Å². The van der Waals surface area contributed by atoms with Crippen LogP contribution in [0.25, 0.3) is 6.08 Å². The normalized spacial score (nSPS) is 20.1. The van der Waals surface area contributed by atoms with E-state index in [1.165, 1.54) is 25.3 Å². The van der Waals surface area contributed by atoms with Gasteiger partial charge in [0, 0.05) is 13.1 Å². The van der Waals surface area contributed by atoms with E-state index in [0.29, 0.717) is 10.5 Å². The molecule has 2 aliphatic heterocycles. The predicted octanol–water partition coefficient (Wildman–Crippen LogP) is 3.51.